The summed E-state index contributed by atoms with van der Waals surface area (Å²) in [6.07, 6.45) is 1.70. The minimum absolute atomic E-state index is 0.103. The smallest absolute Gasteiger partial charge is 0.233 e. The summed E-state index contributed by atoms with van der Waals surface area (Å²) in [6, 6.07) is 7.13. The van der Waals surface area contributed by atoms with Gasteiger partial charge in [0.1, 0.15) is 4.75 Å². The average molecular weight is 483 g/mol. The maximum Gasteiger partial charge on any atom is 0.233 e. The molecule has 32 heavy (non-hydrogen) atoms. The number of aromatic nitrogens is 1. The van der Waals surface area contributed by atoms with E-state index in [1.54, 1.807) is 27.7 Å². The van der Waals surface area contributed by atoms with E-state index >= 15 is 4.39 Å². The zero-order chi connectivity index (χ0) is 23.7. The Morgan fingerprint density at radius 2 is 1.81 bits per heavy atom. The SMILES string of the molecule is CCN(C(=O)C(C)(C)C)c1ncc(C2(S(=O)(=O)c3ccc(Cl)cc3)CCOCC2)cc1F. The molecule has 1 aromatic heterocycles. The van der Waals surface area contributed by atoms with Gasteiger partial charge in [0.25, 0.3) is 0 Å². The molecule has 1 aliphatic rings. The van der Waals surface area contributed by atoms with Crippen LogP contribution in [0.4, 0.5) is 10.2 Å². The minimum Gasteiger partial charge on any atom is -0.381 e. The van der Waals surface area contributed by atoms with Crippen molar-refractivity contribution in [2.45, 2.75) is 50.2 Å². The van der Waals surface area contributed by atoms with E-state index in [2.05, 4.69) is 4.98 Å². The Balaban J connectivity index is 2.11. The van der Waals surface area contributed by atoms with Gasteiger partial charge in [-0.05, 0) is 55.7 Å². The van der Waals surface area contributed by atoms with Gasteiger partial charge in [0.05, 0.1) is 4.90 Å². The Labute approximate surface area is 193 Å². The standard InChI is InChI=1S/C23H28ClFN2O4S/c1-5-27(21(28)22(2,3)4)20-19(25)14-16(15-26-20)23(10-12-31-13-11-23)32(29,30)18-8-6-17(24)7-9-18/h6-9,14-15H,5,10-13H2,1-4H3. The zero-order valence-electron chi connectivity index (χ0n) is 18.7. The summed E-state index contributed by atoms with van der Waals surface area (Å²) in [5.41, 5.74) is -0.473. The highest BCUT2D eigenvalue weighted by molar-refractivity contribution is 7.92. The van der Waals surface area contributed by atoms with Gasteiger partial charge >= 0.3 is 0 Å². The Morgan fingerprint density at radius 3 is 2.31 bits per heavy atom. The first-order chi connectivity index (χ1) is 14.9. The number of rotatable bonds is 5. The fourth-order valence-electron chi connectivity index (χ4n) is 3.93. The molecule has 0 saturated carbocycles. The fourth-order valence-corrected chi connectivity index (χ4v) is 6.12. The van der Waals surface area contributed by atoms with E-state index in [-0.39, 0.29) is 54.8 Å². The van der Waals surface area contributed by atoms with Gasteiger partial charge in [-0.25, -0.2) is 17.8 Å². The number of carbonyl (C=O) groups is 1. The summed E-state index contributed by atoms with van der Waals surface area (Å²) in [5, 5.41) is 0.421. The molecular formula is C23H28ClFN2O4S. The summed E-state index contributed by atoms with van der Waals surface area (Å²) in [6.45, 7) is 7.67. The molecular weight excluding hydrogens is 455 g/mol. The van der Waals surface area contributed by atoms with E-state index in [1.165, 1.54) is 41.4 Å². The number of ether oxygens (including phenoxy) is 1. The monoisotopic (exact) mass is 482 g/mol. The molecule has 0 spiro atoms. The van der Waals surface area contributed by atoms with Gasteiger partial charge in [0.2, 0.25) is 5.91 Å². The third kappa shape index (κ3) is 4.40. The van der Waals surface area contributed by atoms with Crippen LogP contribution in [0.5, 0.6) is 0 Å². The lowest BCUT2D eigenvalue weighted by molar-refractivity contribution is -0.125. The zero-order valence-corrected chi connectivity index (χ0v) is 20.3. The van der Waals surface area contributed by atoms with Crippen molar-refractivity contribution >= 4 is 33.2 Å². The first-order valence-corrected chi connectivity index (χ1v) is 12.4. The second kappa shape index (κ2) is 9.08. The number of pyridine rings is 1. The van der Waals surface area contributed by atoms with Gasteiger partial charge in [-0.2, -0.15) is 0 Å². The van der Waals surface area contributed by atoms with Crippen molar-refractivity contribution in [3.63, 3.8) is 0 Å². The van der Waals surface area contributed by atoms with Gasteiger partial charge in [0, 0.05) is 36.4 Å². The molecule has 6 nitrogen and oxygen atoms in total. The molecule has 0 radical (unpaired) electrons. The van der Waals surface area contributed by atoms with Crippen LogP contribution in [0.3, 0.4) is 0 Å². The molecule has 1 aromatic carbocycles. The predicted molar refractivity (Wildman–Crippen MR) is 122 cm³/mol. The predicted octanol–water partition coefficient (Wildman–Crippen LogP) is 4.75. The molecule has 1 fully saturated rings. The fraction of sp³-hybridized carbons (Fsp3) is 0.478. The Hall–Kier alpha value is -2.03. The number of nitrogens with zero attached hydrogens (tertiary/aromatic N) is 2. The highest BCUT2D eigenvalue weighted by atomic mass is 35.5. The molecule has 3 rings (SSSR count). The summed E-state index contributed by atoms with van der Waals surface area (Å²) in [5.74, 6) is -1.12. The molecule has 0 N–H and O–H groups in total. The Kier molecular flexibility index (Phi) is 6.98. The van der Waals surface area contributed by atoms with E-state index in [1.807, 2.05) is 0 Å². The van der Waals surface area contributed by atoms with Crippen molar-refractivity contribution < 1.29 is 22.3 Å². The quantitative estimate of drug-likeness (QED) is 0.614. The van der Waals surface area contributed by atoms with Crippen molar-refractivity contribution in [2.24, 2.45) is 5.41 Å². The highest BCUT2D eigenvalue weighted by Crippen LogP contribution is 2.44. The normalized spacial score (nSPS) is 16.6. The van der Waals surface area contributed by atoms with Crippen LogP contribution in [0.1, 0.15) is 46.1 Å². The van der Waals surface area contributed by atoms with Crippen LogP contribution in [-0.2, 0) is 24.1 Å². The lowest BCUT2D eigenvalue weighted by Gasteiger charge is -2.37. The van der Waals surface area contributed by atoms with Crippen LogP contribution < -0.4 is 4.90 Å². The van der Waals surface area contributed by atoms with Crippen LogP contribution in [0.25, 0.3) is 0 Å². The van der Waals surface area contributed by atoms with Crippen LogP contribution in [0.15, 0.2) is 41.4 Å². The molecule has 174 valence electrons. The van der Waals surface area contributed by atoms with Crippen LogP contribution in [0, 0.1) is 11.2 Å². The number of benzene rings is 1. The van der Waals surface area contributed by atoms with Crippen LogP contribution >= 0.6 is 11.6 Å². The van der Waals surface area contributed by atoms with Crippen molar-refractivity contribution in [1.29, 1.82) is 0 Å². The van der Waals surface area contributed by atoms with Crippen LogP contribution in [0.2, 0.25) is 5.02 Å². The highest BCUT2D eigenvalue weighted by Gasteiger charge is 2.48. The van der Waals surface area contributed by atoms with Crippen molar-refractivity contribution in [1.82, 2.24) is 4.98 Å². The second-order valence-electron chi connectivity index (χ2n) is 8.89. The largest absolute Gasteiger partial charge is 0.381 e. The van der Waals surface area contributed by atoms with Crippen molar-refractivity contribution in [3.05, 3.63) is 52.9 Å². The lowest BCUT2D eigenvalue weighted by Crippen LogP contribution is -2.42. The van der Waals surface area contributed by atoms with E-state index in [9.17, 15) is 13.2 Å². The average Bonchev–Trinajstić information content (AvgIpc) is 2.75. The first-order valence-electron chi connectivity index (χ1n) is 10.5. The number of carbonyl (C=O) groups excluding carboxylic acids is 1. The minimum atomic E-state index is -3.91. The number of sulfone groups is 1. The van der Waals surface area contributed by atoms with Crippen LogP contribution in [-0.4, -0.2) is 39.1 Å². The third-order valence-corrected chi connectivity index (χ3v) is 8.56. The van der Waals surface area contributed by atoms with Crippen molar-refractivity contribution in [3.8, 4) is 0 Å². The lowest BCUT2D eigenvalue weighted by atomic mass is 9.91. The summed E-state index contributed by atoms with van der Waals surface area (Å²) in [7, 11) is -3.91. The molecule has 0 atom stereocenters. The Morgan fingerprint density at radius 1 is 1.22 bits per heavy atom. The maximum absolute atomic E-state index is 15.3. The van der Waals surface area contributed by atoms with E-state index in [0.717, 1.165) is 0 Å². The van der Waals surface area contributed by atoms with Gasteiger partial charge in [-0.3, -0.25) is 9.69 Å². The topological polar surface area (TPSA) is 76.6 Å². The van der Waals surface area contributed by atoms with E-state index in [0.29, 0.717) is 5.02 Å². The third-order valence-electron chi connectivity index (χ3n) is 5.75. The van der Waals surface area contributed by atoms with E-state index < -0.39 is 25.8 Å². The molecule has 1 amide bonds. The molecule has 2 heterocycles. The number of amides is 1. The van der Waals surface area contributed by atoms with E-state index in [4.69, 9.17) is 16.3 Å². The molecule has 0 unspecified atom stereocenters. The van der Waals surface area contributed by atoms with Gasteiger partial charge < -0.3 is 4.74 Å². The van der Waals surface area contributed by atoms with Crippen molar-refractivity contribution in [2.75, 3.05) is 24.7 Å². The maximum atomic E-state index is 15.3. The molecule has 2 aromatic rings. The molecule has 0 aliphatic carbocycles. The molecule has 9 heteroatoms. The van der Waals surface area contributed by atoms with Gasteiger partial charge in [-0.1, -0.05) is 32.4 Å². The summed E-state index contributed by atoms with van der Waals surface area (Å²) >= 11 is 5.93. The number of halogens is 2. The first kappa shape index (κ1) is 24.6. The number of hydrogen-bond acceptors (Lipinski definition) is 5. The van der Waals surface area contributed by atoms with Gasteiger partial charge in [-0.15, -0.1) is 0 Å². The summed E-state index contributed by atoms with van der Waals surface area (Å²) in [4.78, 5) is 18.4. The Bertz CT molecular complexity index is 1090. The second-order valence-corrected chi connectivity index (χ2v) is 11.6. The number of anilines is 1. The molecule has 1 saturated heterocycles. The molecule has 1 aliphatic heterocycles. The summed E-state index contributed by atoms with van der Waals surface area (Å²) < 4.78 is 46.8. The number of hydrogen-bond donors (Lipinski definition) is 0. The molecule has 0 bridgehead atoms. The van der Waals surface area contributed by atoms with Gasteiger partial charge in [0.15, 0.2) is 21.5 Å².